The zero-order chi connectivity index (χ0) is 64.6. The number of unbranched alkanes of at least 4 members (excludes halogenated alkanes) is 13. The van der Waals surface area contributed by atoms with Gasteiger partial charge in [-0.3, -0.25) is 47.9 Å². The number of aliphatic carboxylic acids is 2. The predicted octanol–water partition coefficient (Wildman–Crippen LogP) is 2.90. The number of sulfonamides is 1. The first kappa shape index (κ1) is 77.1. The molecule has 1 aromatic heterocycles. The van der Waals surface area contributed by atoms with Crippen molar-refractivity contribution in [3.05, 3.63) is 35.7 Å². The fourth-order valence-electron chi connectivity index (χ4n) is 8.85. The number of ketones is 2. The molecule has 6 amide bonds. The number of carbonyl (C=O) groups excluding carboxylic acids is 8. The molecule has 12 N–H and O–H groups in total. The summed E-state index contributed by atoms with van der Waals surface area (Å²) in [5.74, 6) is -7.74. The normalized spacial score (nSPS) is 12.3. The smallest absolute Gasteiger partial charge is 0.326 e. The van der Waals surface area contributed by atoms with Crippen LogP contribution in [-0.4, -0.2) is 182 Å². The van der Waals surface area contributed by atoms with Crippen molar-refractivity contribution in [3.63, 3.8) is 0 Å². The average Bonchev–Trinajstić information content (AvgIpc) is 4.11. The number of H-pyrrole nitrogens is 1. The van der Waals surface area contributed by atoms with Crippen molar-refractivity contribution in [3.8, 4) is 0 Å². The number of ether oxygens (including phenoxy) is 4. The van der Waals surface area contributed by atoms with Crippen LogP contribution in [0.2, 0.25) is 0 Å². The Morgan fingerprint density at radius 1 is 0.534 bits per heavy atom. The average molecular weight is 1270 g/mol. The van der Waals surface area contributed by atoms with Crippen LogP contribution < -0.4 is 37.5 Å². The number of carbonyl (C=O) groups is 10. The predicted molar refractivity (Wildman–Crippen MR) is 321 cm³/mol. The van der Waals surface area contributed by atoms with Crippen molar-refractivity contribution in [2.24, 2.45) is 11.7 Å². The second-order valence-electron chi connectivity index (χ2n) is 21.4. The first-order chi connectivity index (χ1) is 42.2. The van der Waals surface area contributed by atoms with Gasteiger partial charge in [0.1, 0.15) is 31.1 Å². The second-order valence-corrected chi connectivity index (χ2v) is 23.2. The Balaban J connectivity index is 1.44. The Morgan fingerprint density at radius 3 is 1.76 bits per heavy atom. The lowest BCUT2D eigenvalue weighted by Gasteiger charge is -2.16. The van der Waals surface area contributed by atoms with Gasteiger partial charge < -0.3 is 61.9 Å². The number of primary amides is 1. The summed E-state index contributed by atoms with van der Waals surface area (Å²) in [6.45, 7) is 0.0245. The Bertz CT molecular complexity index is 2490. The number of carboxylic acids is 2. The summed E-state index contributed by atoms with van der Waals surface area (Å²) in [4.78, 5) is 122. The number of nitrogens with zero attached hydrogens (tertiary/aromatic N) is 3. The van der Waals surface area contributed by atoms with E-state index in [1.165, 1.54) is 44.9 Å². The molecule has 1 unspecified atom stereocenters. The molecule has 0 spiro atoms. The molecule has 0 bridgehead atoms. The van der Waals surface area contributed by atoms with Gasteiger partial charge in [-0.25, -0.2) is 13.2 Å². The van der Waals surface area contributed by atoms with Crippen molar-refractivity contribution >= 4 is 74.7 Å². The Labute approximate surface area is 515 Å². The number of aromatic nitrogens is 4. The van der Waals surface area contributed by atoms with E-state index in [0.717, 1.165) is 44.3 Å². The minimum Gasteiger partial charge on any atom is -0.481 e. The van der Waals surface area contributed by atoms with Crippen LogP contribution in [0.5, 0.6) is 0 Å². The fourth-order valence-corrected chi connectivity index (χ4v) is 9.93. The van der Waals surface area contributed by atoms with Gasteiger partial charge >= 0.3 is 11.9 Å². The van der Waals surface area contributed by atoms with Crippen LogP contribution in [0.25, 0.3) is 0 Å². The molecule has 0 aliphatic heterocycles. The molecule has 496 valence electrons. The van der Waals surface area contributed by atoms with Gasteiger partial charge in [0.05, 0.1) is 44.7 Å². The first-order valence-electron chi connectivity index (χ1n) is 30.6. The lowest BCUT2D eigenvalue weighted by molar-refractivity contribution is -0.145. The number of hydrogen-bond donors (Lipinski definition) is 10. The molecule has 2 aromatic rings. The van der Waals surface area contributed by atoms with E-state index in [1.807, 2.05) is 0 Å². The monoisotopic (exact) mass is 1270 g/mol. The lowest BCUT2D eigenvalue weighted by Crippen LogP contribution is -2.45. The van der Waals surface area contributed by atoms with E-state index >= 15 is 0 Å². The van der Waals surface area contributed by atoms with Crippen molar-refractivity contribution in [1.82, 2.24) is 46.6 Å². The molecule has 0 radical (unpaired) electrons. The van der Waals surface area contributed by atoms with Crippen LogP contribution >= 0.6 is 0 Å². The maximum absolute atomic E-state index is 12.6. The standard InChI is InChI=1S/C58H95N11O18S/c59-45-26-23-43(24-27-45)56(77)62-31-15-14-19-48(55(60)76)63-54(75)42-87-38-35-84-33-16-18-46(70)28-29-49(58(80)81)64-52(73)30-25-44(57(78)79)40-47(71)41-86-37-36-85-34-32-61-51(72)22-17-39-88(82,83)67-53(74)21-13-11-9-7-5-3-1-2-4-6-8-10-12-20-50-65-68-69-66-50/h23-24,26-27,44,48-49H,1-22,25,28-42,59H2,(H2,60,76)(H,61,72)(H,62,77)(H,63,75)(H,64,73)(H,67,74)(H,78,79)(H,80,81)(H,65,66,68,69)/t44-,48+,49?/m1/s1. The summed E-state index contributed by atoms with van der Waals surface area (Å²) in [5, 5.41) is 43.5. The van der Waals surface area contributed by atoms with Crippen molar-refractivity contribution in [1.29, 1.82) is 0 Å². The summed E-state index contributed by atoms with van der Waals surface area (Å²) in [6.07, 6.45) is 15.2. The number of nitrogens with one attached hydrogen (secondary N) is 6. The van der Waals surface area contributed by atoms with Gasteiger partial charge in [0.15, 0.2) is 11.6 Å². The third-order valence-corrected chi connectivity index (χ3v) is 15.1. The number of aryl methyl sites for hydroxylation is 1. The van der Waals surface area contributed by atoms with Crippen LogP contribution in [0.1, 0.15) is 183 Å². The van der Waals surface area contributed by atoms with Gasteiger partial charge in [-0.05, 0) is 82.1 Å². The number of amides is 6. The molecule has 30 heteroatoms. The van der Waals surface area contributed by atoms with Crippen LogP contribution in [-0.2, 0) is 78.5 Å². The number of Topliss-reactive ketones (excluding diaryl/α,β-unsaturated/α-hetero) is 2. The lowest BCUT2D eigenvalue weighted by atomic mass is 9.97. The number of benzene rings is 1. The zero-order valence-electron chi connectivity index (χ0n) is 50.7. The number of hydrogen-bond acceptors (Lipinski definition) is 20. The number of aromatic amines is 1. The molecule has 0 saturated heterocycles. The zero-order valence-corrected chi connectivity index (χ0v) is 51.6. The molecule has 88 heavy (non-hydrogen) atoms. The van der Waals surface area contributed by atoms with Crippen LogP contribution in [0.15, 0.2) is 24.3 Å². The number of nitrogen functional groups attached to an aromatic ring is 1. The molecule has 0 saturated carbocycles. The largest absolute Gasteiger partial charge is 0.481 e. The van der Waals surface area contributed by atoms with E-state index in [2.05, 4.69) is 46.6 Å². The highest BCUT2D eigenvalue weighted by Gasteiger charge is 2.26. The quantitative estimate of drug-likeness (QED) is 0.0336. The fraction of sp³-hybridized carbons (Fsp3) is 0.707. The molecule has 0 aliphatic rings. The number of nitrogens with two attached hydrogens (primary N) is 2. The van der Waals surface area contributed by atoms with E-state index in [0.29, 0.717) is 43.5 Å². The number of anilines is 1. The highest BCUT2D eigenvalue weighted by atomic mass is 32.2. The topological polar surface area (TPSA) is 449 Å². The Morgan fingerprint density at radius 2 is 1.14 bits per heavy atom. The van der Waals surface area contributed by atoms with Crippen molar-refractivity contribution in [2.45, 2.75) is 185 Å². The van der Waals surface area contributed by atoms with Gasteiger partial charge in [-0.1, -0.05) is 75.8 Å². The van der Waals surface area contributed by atoms with Crippen LogP contribution in [0.4, 0.5) is 5.69 Å². The SMILES string of the molecule is NC(=O)[C@H](CCCCNC(=O)c1ccc(N)cc1)NC(=O)COCCOCCCC(=O)CCC(NC(=O)CC[C@H](CC(=O)COCCOCCNC(=O)CCCS(=O)(=O)NC(=O)CCCCCCCCCCCCCCCc1nn[nH]n1)C(=O)O)C(=O)O. The van der Waals surface area contributed by atoms with Gasteiger partial charge in [-0.15, -0.1) is 10.2 Å². The van der Waals surface area contributed by atoms with E-state index in [4.69, 9.17) is 30.4 Å². The molecular weight excluding hydrogens is 1170 g/mol. The highest BCUT2D eigenvalue weighted by Crippen LogP contribution is 2.16. The van der Waals surface area contributed by atoms with E-state index in [9.17, 15) is 66.6 Å². The minimum absolute atomic E-state index is 0.00655. The van der Waals surface area contributed by atoms with Gasteiger partial charge in [-0.2, -0.15) is 5.21 Å². The van der Waals surface area contributed by atoms with Gasteiger partial charge in [0.25, 0.3) is 5.91 Å². The summed E-state index contributed by atoms with van der Waals surface area (Å²) in [6, 6.07) is 4.10. The summed E-state index contributed by atoms with van der Waals surface area (Å²) in [5.41, 5.74) is 12.1. The van der Waals surface area contributed by atoms with Crippen LogP contribution in [0.3, 0.4) is 0 Å². The molecule has 1 heterocycles. The van der Waals surface area contributed by atoms with Gasteiger partial charge in [0, 0.05) is 75.9 Å². The first-order valence-corrected chi connectivity index (χ1v) is 32.2. The molecule has 3 atom stereocenters. The summed E-state index contributed by atoms with van der Waals surface area (Å²) < 4.78 is 48.2. The molecule has 1 aromatic carbocycles. The molecule has 0 aliphatic carbocycles. The summed E-state index contributed by atoms with van der Waals surface area (Å²) >= 11 is 0. The summed E-state index contributed by atoms with van der Waals surface area (Å²) in [7, 11) is -3.88. The third-order valence-electron chi connectivity index (χ3n) is 13.8. The Kier molecular flexibility index (Phi) is 42.0. The maximum Gasteiger partial charge on any atom is 0.326 e. The van der Waals surface area contributed by atoms with Crippen LogP contribution in [0, 0.1) is 5.92 Å². The number of carboxylic acid groups (broad SMARTS) is 2. The van der Waals surface area contributed by atoms with E-state index < -0.39 is 94.7 Å². The molecule has 0 fully saturated rings. The van der Waals surface area contributed by atoms with Crippen molar-refractivity contribution in [2.75, 3.05) is 77.4 Å². The molecule has 2 rings (SSSR count). The van der Waals surface area contributed by atoms with E-state index in [1.54, 1.807) is 24.3 Å². The highest BCUT2D eigenvalue weighted by molar-refractivity contribution is 7.90. The third kappa shape index (κ3) is 41.2. The van der Waals surface area contributed by atoms with Crippen molar-refractivity contribution < 1.29 is 85.5 Å². The maximum atomic E-state index is 12.6. The van der Waals surface area contributed by atoms with E-state index in [-0.39, 0.29) is 122 Å². The number of tetrazole rings is 1. The molecular formula is C58H95N11O18S. The second kappa shape index (κ2) is 48.0. The number of rotatable bonds is 57. The van der Waals surface area contributed by atoms with Gasteiger partial charge in [0.2, 0.25) is 39.6 Å². The minimum atomic E-state index is -3.88. The Hall–Kier alpha value is -7.02. The molecule has 29 nitrogen and oxygen atoms in total.